The summed E-state index contributed by atoms with van der Waals surface area (Å²) in [5.74, 6) is 1.37. The maximum absolute atomic E-state index is 12.5. The molecule has 27 heavy (non-hydrogen) atoms. The minimum atomic E-state index is -0.0636. The van der Waals surface area contributed by atoms with Crippen LogP contribution >= 0.6 is 0 Å². The summed E-state index contributed by atoms with van der Waals surface area (Å²) in [7, 11) is 0. The fraction of sp³-hybridized carbons (Fsp3) is 0.438. The summed E-state index contributed by atoms with van der Waals surface area (Å²) in [5.41, 5.74) is 0. The zero-order valence-corrected chi connectivity index (χ0v) is 14.7. The van der Waals surface area contributed by atoms with Gasteiger partial charge >= 0.3 is 0 Å². The fourth-order valence-corrected chi connectivity index (χ4v) is 3.12. The summed E-state index contributed by atoms with van der Waals surface area (Å²) in [6.45, 7) is 2.63. The van der Waals surface area contributed by atoms with Crippen LogP contribution in [0, 0.1) is 5.92 Å². The summed E-state index contributed by atoms with van der Waals surface area (Å²) >= 11 is 0. The maximum atomic E-state index is 12.5. The number of nitrogens with zero attached hydrogens (tertiary/aromatic N) is 9. The molecular formula is C16H20N10O. The number of amides is 1. The van der Waals surface area contributed by atoms with Crippen LogP contribution in [-0.4, -0.2) is 65.3 Å². The van der Waals surface area contributed by atoms with Crippen LogP contribution in [0.5, 0.6) is 0 Å². The molecule has 0 bridgehead atoms. The average molecular weight is 368 g/mol. The highest BCUT2D eigenvalue weighted by Crippen LogP contribution is 2.21. The highest BCUT2D eigenvalue weighted by molar-refractivity contribution is 5.79. The van der Waals surface area contributed by atoms with Crippen molar-refractivity contribution in [2.75, 3.05) is 24.5 Å². The number of piperidine rings is 1. The van der Waals surface area contributed by atoms with Gasteiger partial charge in [-0.1, -0.05) is 0 Å². The number of carbonyl (C=O) groups is 1. The Balaban J connectivity index is 1.32. The first-order chi connectivity index (χ1) is 13.3. The Morgan fingerprint density at radius 1 is 1.11 bits per heavy atom. The van der Waals surface area contributed by atoms with Crippen molar-refractivity contribution in [1.82, 2.24) is 45.0 Å². The van der Waals surface area contributed by atoms with Gasteiger partial charge in [-0.2, -0.15) is 10.2 Å². The molecular weight excluding hydrogens is 348 g/mol. The van der Waals surface area contributed by atoms with Crippen molar-refractivity contribution in [1.29, 1.82) is 0 Å². The fourth-order valence-electron chi connectivity index (χ4n) is 3.12. The molecule has 4 heterocycles. The van der Waals surface area contributed by atoms with Crippen molar-refractivity contribution < 1.29 is 4.79 Å². The van der Waals surface area contributed by atoms with E-state index in [0.717, 1.165) is 25.2 Å². The monoisotopic (exact) mass is 368 g/mol. The predicted octanol–water partition coefficient (Wildman–Crippen LogP) is -0.318. The van der Waals surface area contributed by atoms with Gasteiger partial charge in [-0.3, -0.25) is 9.48 Å². The summed E-state index contributed by atoms with van der Waals surface area (Å²) < 4.78 is 3.25. The first kappa shape index (κ1) is 17.1. The lowest BCUT2D eigenvalue weighted by Gasteiger charge is -2.32. The van der Waals surface area contributed by atoms with E-state index in [1.54, 1.807) is 22.0 Å². The number of aromatic nitrogens is 8. The third kappa shape index (κ3) is 4.07. The van der Waals surface area contributed by atoms with E-state index in [-0.39, 0.29) is 11.8 Å². The molecule has 0 aliphatic carbocycles. The lowest BCUT2D eigenvalue weighted by Crippen LogP contribution is -2.44. The largest absolute Gasteiger partial charge is 0.354 e. The lowest BCUT2D eigenvalue weighted by molar-refractivity contribution is -0.125. The van der Waals surface area contributed by atoms with Gasteiger partial charge in [0.05, 0.1) is 12.5 Å². The molecule has 11 nitrogen and oxygen atoms in total. The van der Waals surface area contributed by atoms with Gasteiger partial charge in [-0.15, -0.1) is 10.2 Å². The van der Waals surface area contributed by atoms with Gasteiger partial charge < -0.3 is 10.2 Å². The quantitative estimate of drug-likeness (QED) is 0.629. The van der Waals surface area contributed by atoms with Crippen molar-refractivity contribution in [2.45, 2.75) is 19.4 Å². The van der Waals surface area contributed by atoms with Gasteiger partial charge in [0, 0.05) is 19.6 Å². The van der Waals surface area contributed by atoms with Crippen LogP contribution in [0.15, 0.2) is 37.4 Å². The van der Waals surface area contributed by atoms with Crippen LogP contribution in [0.2, 0.25) is 0 Å². The van der Waals surface area contributed by atoms with Crippen molar-refractivity contribution in [3.63, 3.8) is 0 Å². The van der Waals surface area contributed by atoms with E-state index in [0.29, 0.717) is 25.5 Å². The molecule has 140 valence electrons. The third-order valence-corrected chi connectivity index (χ3v) is 4.51. The Hall–Kier alpha value is -3.37. The number of nitrogens with one attached hydrogen (secondary N) is 1. The van der Waals surface area contributed by atoms with E-state index < -0.39 is 0 Å². The molecule has 1 amide bonds. The van der Waals surface area contributed by atoms with E-state index in [4.69, 9.17) is 0 Å². The Bertz CT molecular complexity index is 846. The number of hydrogen-bond acceptors (Lipinski definition) is 8. The van der Waals surface area contributed by atoms with Gasteiger partial charge in [-0.05, 0) is 25.0 Å². The molecule has 1 N–H and O–H groups in total. The molecule has 1 aliphatic rings. The van der Waals surface area contributed by atoms with E-state index in [1.807, 2.05) is 12.1 Å². The summed E-state index contributed by atoms with van der Waals surface area (Å²) in [4.78, 5) is 22.4. The first-order valence-corrected chi connectivity index (χ1v) is 8.83. The molecule has 0 saturated carbocycles. The summed E-state index contributed by atoms with van der Waals surface area (Å²) in [5, 5.41) is 19.5. The molecule has 1 unspecified atom stereocenters. The van der Waals surface area contributed by atoms with E-state index in [2.05, 4.69) is 40.6 Å². The topological polar surface area (TPSA) is 120 Å². The highest BCUT2D eigenvalue weighted by atomic mass is 16.1. The number of carbonyl (C=O) groups excluding carboxylic acids is 1. The van der Waals surface area contributed by atoms with Gasteiger partial charge in [0.1, 0.15) is 25.3 Å². The molecule has 0 aromatic carbocycles. The zero-order chi connectivity index (χ0) is 18.5. The maximum Gasteiger partial charge on any atom is 0.224 e. The van der Waals surface area contributed by atoms with E-state index in [1.165, 1.54) is 12.7 Å². The van der Waals surface area contributed by atoms with Crippen LogP contribution < -0.4 is 10.2 Å². The third-order valence-electron chi connectivity index (χ3n) is 4.51. The predicted molar refractivity (Wildman–Crippen MR) is 94.9 cm³/mol. The Kier molecular flexibility index (Phi) is 4.99. The second kappa shape index (κ2) is 7.89. The minimum absolute atomic E-state index is 0.0620. The van der Waals surface area contributed by atoms with Crippen LogP contribution in [0.4, 0.5) is 5.82 Å². The minimum Gasteiger partial charge on any atom is -0.354 e. The SMILES string of the molecule is O=C(NCCn1cncn1)C1CCCN(c2ccc(-n3cncn3)nn2)C1. The van der Waals surface area contributed by atoms with Crippen LogP contribution in [0.1, 0.15) is 12.8 Å². The van der Waals surface area contributed by atoms with Gasteiger partial charge in [0.15, 0.2) is 11.6 Å². The lowest BCUT2D eigenvalue weighted by atomic mass is 9.97. The average Bonchev–Trinajstić information content (AvgIpc) is 3.42. The van der Waals surface area contributed by atoms with Gasteiger partial charge in [-0.25, -0.2) is 14.6 Å². The second-order valence-electron chi connectivity index (χ2n) is 6.32. The number of anilines is 1. The van der Waals surface area contributed by atoms with Gasteiger partial charge in [0.25, 0.3) is 0 Å². The Morgan fingerprint density at radius 2 is 1.93 bits per heavy atom. The molecule has 1 aliphatic heterocycles. The molecule has 1 atom stereocenters. The zero-order valence-electron chi connectivity index (χ0n) is 14.7. The number of hydrogen-bond donors (Lipinski definition) is 1. The molecule has 4 rings (SSSR count). The van der Waals surface area contributed by atoms with Gasteiger partial charge in [0.2, 0.25) is 5.91 Å². The standard InChI is InChI=1S/C16H20N10O/c27-16(19-5-7-25-11-17-9-20-25)13-2-1-6-24(8-13)14-3-4-15(23-22-14)26-12-18-10-21-26/h3-4,9-13H,1-2,5-8H2,(H,19,27). The number of rotatable bonds is 6. The normalized spacial score (nSPS) is 17.0. The smallest absolute Gasteiger partial charge is 0.224 e. The van der Waals surface area contributed by atoms with E-state index >= 15 is 0 Å². The molecule has 0 spiro atoms. The Morgan fingerprint density at radius 3 is 2.67 bits per heavy atom. The molecule has 0 radical (unpaired) electrons. The van der Waals surface area contributed by atoms with E-state index in [9.17, 15) is 4.79 Å². The molecule has 3 aromatic rings. The molecule has 1 fully saturated rings. The molecule has 3 aromatic heterocycles. The van der Waals surface area contributed by atoms with Crippen molar-refractivity contribution in [3.05, 3.63) is 37.4 Å². The van der Waals surface area contributed by atoms with Crippen molar-refractivity contribution in [3.8, 4) is 5.82 Å². The Labute approximate surface area is 155 Å². The summed E-state index contributed by atoms with van der Waals surface area (Å²) in [6, 6.07) is 3.74. The molecule has 11 heteroatoms. The van der Waals surface area contributed by atoms with Crippen LogP contribution in [0.25, 0.3) is 5.82 Å². The molecule has 1 saturated heterocycles. The van der Waals surface area contributed by atoms with Crippen molar-refractivity contribution in [2.24, 2.45) is 5.92 Å². The summed E-state index contributed by atoms with van der Waals surface area (Å²) in [6.07, 6.45) is 7.95. The second-order valence-corrected chi connectivity index (χ2v) is 6.32. The van der Waals surface area contributed by atoms with Crippen molar-refractivity contribution >= 4 is 11.7 Å². The highest BCUT2D eigenvalue weighted by Gasteiger charge is 2.26. The van der Waals surface area contributed by atoms with Crippen LogP contribution in [-0.2, 0) is 11.3 Å². The first-order valence-electron chi connectivity index (χ1n) is 8.83. The van der Waals surface area contributed by atoms with Crippen LogP contribution in [0.3, 0.4) is 0 Å².